The molecule has 2 heterocycles. The SMILES string of the molecule is CCOc1c(C(=O)OC)cnc2c1oc1ccccc12. The lowest BCUT2D eigenvalue weighted by atomic mass is 10.2. The van der Waals surface area contributed by atoms with Gasteiger partial charge in [0, 0.05) is 11.6 Å². The summed E-state index contributed by atoms with van der Waals surface area (Å²) in [5, 5.41) is 0.889. The molecule has 0 aliphatic rings. The summed E-state index contributed by atoms with van der Waals surface area (Å²) in [4.78, 5) is 16.1. The maximum Gasteiger partial charge on any atom is 0.343 e. The Morgan fingerprint density at radius 1 is 1.35 bits per heavy atom. The number of nitrogens with zero attached hydrogens (tertiary/aromatic N) is 1. The molecule has 0 saturated carbocycles. The summed E-state index contributed by atoms with van der Waals surface area (Å²) >= 11 is 0. The summed E-state index contributed by atoms with van der Waals surface area (Å²) in [5.41, 5.74) is 2.12. The number of benzene rings is 1. The first-order chi connectivity index (χ1) is 9.76. The lowest BCUT2D eigenvalue weighted by Gasteiger charge is -2.08. The van der Waals surface area contributed by atoms with Crippen LogP contribution < -0.4 is 4.74 Å². The van der Waals surface area contributed by atoms with Crippen LogP contribution in [0.15, 0.2) is 34.9 Å². The monoisotopic (exact) mass is 271 g/mol. The van der Waals surface area contributed by atoms with E-state index in [2.05, 4.69) is 4.98 Å². The van der Waals surface area contributed by atoms with Gasteiger partial charge in [-0.1, -0.05) is 12.1 Å². The second-order valence-corrected chi connectivity index (χ2v) is 4.20. The molecular formula is C15H13NO4. The number of fused-ring (bicyclic) bond motifs is 3. The summed E-state index contributed by atoms with van der Waals surface area (Å²) in [6.07, 6.45) is 1.46. The fraction of sp³-hybridized carbons (Fsp3) is 0.200. The minimum Gasteiger partial charge on any atom is -0.489 e. The third kappa shape index (κ3) is 1.79. The van der Waals surface area contributed by atoms with Crippen molar-refractivity contribution in [3.05, 3.63) is 36.0 Å². The van der Waals surface area contributed by atoms with Gasteiger partial charge in [0.1, 0.15) is 16.7 Å². The van der Waals surface area contributed by atoms with Gasteiger partial charge in [0.25, 0.3) is 0 Å². The lowest BCUT2D eigenvalue weighted by molar-refractivity contribution is 0.0596. The van der Waals surface area contributed by atoms with Gasteiger partial charge >= 0.3 is 5.97 Å². The lowest BCUT2D eigenvalue weighted by Crippen LogP contribution is -2.06. The Morgan fingerprint density at radius 3 is 2.90 bits per heavy atom. The van der Waals surface area contributed by atoms with Gasteiger partial charge in [-0.25, -0.2) is 4.79 Å². The standard InChI is InChI=1S/C15H13NO4/c1-3-19-13-10(15(17)18-2)8-16-12-9-6-4-5-7-11(9)20-14(12)13/h4-8H,3H2,1-2H3. The molecule has 5 heteroatoms. The van der Waals surface area contributed by atoms with Crippen molar-refractivity contribution in [1.29, 1.82) is 0 Å². The van der Waals surface area contributed by atoms with Gasteiger partial charge in [-0.05, 0) is 19.1 Å². The molecule has 1 aromatic carbocycles. The minimum absolute atomic E-state index is 0.265. The van der Waals surface area contributed by atoms with Crippen LogP contribution in [0.5, 0.6) is 5.75 Å². The number of furan rings is 1. The van der Waals surface area contributed by atoms with E-state index in [0.29, 0.717) is 29.0 Å². The predicted octanol–water partition coefficient (Wildman–Crippen LogP) is 3.17. The highest BCUT2D eigenvalue weighted by Gasteiger charge is 2.21. The second kappa shape index (κ2) is 4.85. The molecule has 0 saturated heterocycles. The predicted molar refractivity (Wildman–Crippen MR) is 74.0 cm³/mol. The number of hydrogen-bond acceptors (Lipinski definition) is 5. The second-order valence-electron chi connectivity index (χ2n) is 4.20. The number of carbonyl (C=O) groups excluding carboxylic acids is 1. The smallest absolute Gasteiger partial charge is 0.343 e. The van der Waals surface area contributed by atoms with E-state index in [1.807, 2.05) is 31.2 Å². The molecule has 20 heavy (non-hydrogen) atoms. The van der Waals surface area contributed by atoms with E-state index in [1.165, 1.54) is 13.3 Å². The first kappa shape index (κ1) is 12.5. The number of esters is 1. The Balaban J connectivity index is 2.36. The number of para-hydroxylation sites is 1. The van der Waals surface area contributed by atoms with E-state index in [1.54, 1.807) is 0 Å². The normalized spacial score (nSPS) is 10.9. The van der Waals surface area contributed by atoms with Crippen molar-refractivity contribution in [3.8, 4) is 5.75 Å². The highest BCUT2D eigenvalue weighted by molar-refractivity contribution is 6.07. The molecule has 3 aromatic rings. The van der Waals surface area contributed by atoms with Crippen LogP contribution in [0.25, 0.3) is 22.1 Å². The first-order valence-electron chi connectivity index (χ1n) is 6.27. The zero-order chi connectivity index (χ0) is 14.1. The van der Waals surface area contributed by atoms with Gasteiger partial charge in [-0.2, -0.15) is 0 Å². The van der Waals surface area contributed by atoms with E-state index in [0.717, 1.165) is 5.39 Å². The molecule has 5 nitrogen and oxygen atoms in total. The molecule has 0 bridgehead atoms. The van der Waals surface area contributed by atoms with Crippen LogP contribution >= 0.6 is 0 Å². The number of carbonyl (C=O) groups is 1. The first-order valence-corrected chi connectivity index (χ1v) is 6.27. The van der Waals surface area contributed by atoms with E-state index in [9.17, 15) is 4.79 Å². The van der Waals surface area contributed by atoms with Crippen molar-refractivity contribution in [2.75, 3.05) is 13.7 Å². The Bertz CT molecular complexity index is 791. The van der Waals surface area contributed by atoms with Crippen LogP contribution in [-0.4, -0.2) is 24.7 Å². The molecule has 0 aliphatic carbocycles. The molecule has 2 aromatic heterocycles. The zero-order valence-corrected chi connectivity index (χ0v) is 11.2. The molecule has 3 rings (SSSR count). The fourth-order valence-electron chi connectivity index (χ4n) is 2.17. The average molecular weight is 271 g/mol. The van der Waals surface area contributed by atoms with Gasteiger partial charge in [0.2, 0.25) is 0 Å². The minimum atomic E-state index is -0.497. The summed E-state index contributed by atoms with van der Waals surface area (Å²) in [6, 6.07) is 7.56. The topological polar surface area (TPSA) is 61.6 Å². The van der Waals surface area contributed by atoms with Crippen LogP contribution in [-0.2, 0) is 4.74 Å². The molecule has 0 spiro atoms. The van der Waals surface area contributed by atoms with E-state index in [4.69, 9.17) is 13.9 Å². The van der Waals surface area contributed by atoms with Crippen LogP contribution in [0.2, 0.25) is 0 Å². The Morgan fingerprint density at radius 2 is 2.15 bits per heavy atom. The van der Waals surface area contributed by atoms with Gasteiger partial charge in [-0.15, -0.1) is 0 Å². The van der Waals surface area contributed by atoms with Crippen LogP contribution in [0, 0.1) is 0 Å². The summed E-state index contributed by atoms with van der Waals surface area (Å²) in [6.45, 7) is 2.26. The quantitative estimate of drug-likeness (QED) is 0.685. The molecule has 0 unspecified atom stereocenters. The molecule has 0 atom stereocenters. The van der Waals surface area contributed by atoms with Crippen molar-refractivity contribution >= 4 is 28.0 Å². The van der Waals surface area contributed by atoms with Crippen LogP contribution in [0.3, 0.4) is 0 Å². The number of pyridine rings is 1. The third-order valence-electron chi connectivity index (χ3n) is 3.04. The van der Waals surface area contributed by atoms with Gasteiger partial charge in [0.05, 0.1) is 13.7 Å². The van der Waals surface area contributed by atoms with Gasteiger partial charge < -0.3 is 13.9 Å². The fourth-order valence-corrected chi connectivity index (χ4v) is 2.17. The average Bonchev–Trinajstić information content (AvgIpc) is 2.86. The molecule has 0 radical (unpaired) electrons. The molecule has 0 aliphatic heterocycles. The number of rotatable bonds is 3. The highest BCUT2D eigenvalue weighted by atomic mass is 16.5. The van der Waals surface area contributed by atoms with E-state index >= 15 is 0 Å². The third-order valence-corrected chi connectivity index (χ3v) is 3.04. The van der Waals surface area contributed by atoms with Crippen molar-refractivity contribution in [3.63, 3.8) is 0 Å². The highest BCUT2D eigenvalue weighted by Crippen LogP contribution is 2.35. The van der Waals surface area contributed by atoms with E-state index in [-0.39, 0.29) is 5.56 Å². The number of methoxy groups -OCH3 is 1. The summed E-state index contributed by atoms with van der Waals surface area (Å²) in [5.74, 6) is -0.121. The zero-order valence-electron chi connectivity index (χ0n) is 11.2. The molecular weight excluding hydrogens is 258 g/mol. The Hall–Kier alpha value is -2.56. The van der Waals surface area contributed by atoms with Gasteiger partial charge in [0.15, 0.2) is 11.3 Å². The largest absolute Gasteiger partial charge is 0.489 e. The Kier molecular flexibility index (Phi) is 3.02. The summed E-state index contributed by atoms with van der Waals surface area (Å²) < 4.78 is 16.1. The van der Waals surface area contributed by atoms with E-state index < -0.39 is 5.97 Å². The molecule has 0 N–H and O–H groups in total. The number of hydrogen-bond donors (Lipinski definition) is 0. The Labute approximate surface area is 115 Å². The van der Waals surface area contributed by atoms with Crippen LogP contribution in [0.4, 0.5) is 0 Å². The van der Waals surface area contributed by atoms with Crippen molar-refractivity contribution in [2.24, 2.45) is 0 Å². The molecule has 0 fully saturated rings. The molecule has 0 amide bonds. The maximum atomic E-state index is 11.8. The summed E-state index contributed by atoms with van der Waals surface area (Å²) in [7, 11) is 1.32. The maximum absolute atomic E-state index is 11.8. The number of aromatic nitrogens is 1. The van der Waals surface area contributed by atoms with Crippen LogP contribution in [0.1, 0.15) is 17.3 Å². The molecule has 102 valence electrons. The number of ether oxygens (including phenoxy) is 2. The van der Waals surface area contributed by atoms with Crippen molar-refractivity contribution in [2.45, 2.75) is 6.92 Å². The van der Waals surface area contributed by atoms with Gasteiger partial charge in [-0.3, -0.25) is 4.98 Å². The van der Waals surface area contributed by atoms with Crippen molar-refractivity contribution < 1.29 is 18.7 Å². The van der Waals surface area contributed by atoms with Crippen molar-refractivity contribution in [1.82, 2.24) is 4.98 Å².